The molecule has 186 valence electrons. The van der Waals surface area contributed by atoms with E-state index in [1.165, 1.54) is 49.0 Å². The third kappa shape index (κ3) is 3.11. The highest BCUT2D eigenvalue weighted by Crippen LogP contribution is 2.60. The fraction of sp³-hybridized carbons (Fsp3) is 0.481. The van der Waals surface area contributed by atoms with Crippen LogP contribution in [0, 0.1) is 18.2 Å². The molecule has 1 amide bonds. The van der Waals surface area contributed by atoms with Crippen molar-refractivity contribution >= 4 is 29.0 Å². The molecule has 0 unspecified atom stereocenters. The molecule has 2 aliphatic heterocycles. The zero-order chi connectivity index (χ0) is 24.8. The number of fused-ring (bicyclic) bond motifs is 2. The average Bonchev–Trinajstić information content (AvgIpc) is 3.52. The summed E-state index contributed by atoms with van der Waals surface area (Å²) in [6.45, 7) is 7.72. The Morgan fingerprint density at radius 3 is 2.64 bits per heavy atom. The number of halogens is 1. The number of anilines is 2. The van der Waals surface area contributed by atoms with E-state index in [4.69, 9.17) is 0 Å². The van der Waals surface area contributed by atoms with E-state index in [2.05, 4.69) is 38.2 Å². The summed E-state index contributed by atoms with van der Waals surface area (Å²) in [7, 11) is 1.86. The first kappa shape index (κ1) is 22.3. The van der Waals surface area contributed by atoms with Gasteiger partial charge in [-0.15, -0.1) is 11.3 Å². The molecule has 3 aromatic heterocycles. The summed E-state index contributed by atoms with van der Waals surface area (Å²) in [5.74, 6) is 1.04. The second kappa shape index (κ2) is 7.55. The molecule has 3 aromatic rings. The van der Waals surface area contributed by atoms with E-state index in [1.54, 1.807) is 0 Å². The van der Waals surface area contributed by atoms with E-state index in [9.17, 15) is 9.18 Å². The lowest BCUT2D eigenvalue weighted by Gasteiger charge is -2.59. The van der Waals surface area contributed by atoms with Crippen LogP contribution < -0.4 is 5.32 Å². The van der Waals surface area contributed by atoms with Crippen LogP contribution in [0.2, 0.25) is 0 Å². The van der Waals surface area contributed by atoms with Crippen molar-refractivity contribution in [2.45, 2.75) is 51.0 Å². The molecule has 2 spiro atoms. The number of rotatable bonds is 5. The molecule has 7 nitrogen and oxygen atoms in total. The highest BCUT2D eigenvalue weighted by Gasteiger charge is 2.58. The third-order valence-electron chi connectivity index (χ3n) is 8.83. The van der Waals surface area contributed by atoms with Gasteiger partial charge < -0.3 is 15.1 Å². The molecule has 5 heterocycles. The van der Waals surface area contributed by atoms with Crippen LogP contribution in [0.5, 0.6) is 0 Å². The van der Waals surface area contributed by atoms with E-state index < -0.39 is 5.82 Å². The van der Waals surface area contributed by atoms with Crippen molar-refractivity contribution in [3.63, 3.8) is 0 Å². The number of aromatic nitrogens is 3. The van der Waals surface area contributed by atoms with E-state index in [0.717, 1.165) is 35.4 Å². The maximum Gasteiger partial charge on any atom is 0.255 e. The number of carbonyl (C=O) groups is 1. The summed E-state index contributed by atoms with van der Waals surface area (Å²) in [4.78, 5) is 32.2. The van der Waals surface area contributed by atoms with Gasteiger partial charge in [0.15, 0.2) is 5.82 Å². The second-order valence-corrected chi connectivity index (χ2v) is 12.1. The first-order chi connectivity index (χ1) is 17.3. The Kier molecular flexibility index (Phi) is 4.68. The summed E-state index contributed by atoms with van der Waals surface area (Å²) in [6, 6.07) is 4.07. The largest absolute Gasteiger partial charge is 0.331 e. The minimum Gasteiger partial charge on any atom is -0.331 e. The predicted molar refractivity (Wildman–Crippen MR) is 137 cm³/mol. The van der Waals surface area contributed by atoms with Gasteiger partial charge in [-0.25, -0.2) is 19.3 Å². The monoisotopic (exact) mass is 504 g/mol. The molecule has 2 aliphatic carbocycles. The molecule has 7 rings (SSSR count). The molecule has 4 aliphatic rings. The predicted octanol–water partition coefficient (Wildman–Crippen LogP) is 5.07. The van der Waals surface area contributed by atoms with Gasteiger partial charge >= 0.3 is 0 Å². The summed E-state index contributed by atoms with van der Waals surface area (Å²) in [5, 5.41) is 3.13. The molecule has 0 aromatic carbocycles. The van der Waals surface area contributed by atoms with Gasteiger partial charge in [-0.2, -0.15) is 0 Å². The van der Waals surface area contributed by atoms with Crippen molar-refractivity contribution in [3.8, 4) is 10.6 Å². The molecule has 9 heteroatoms. The third-order valence-corrected chi connectivity index (χ3v) is 10.3. The molecule has 0 bridgehead atoms. The smallest absolute Gasteiger partial charge is 0.255 e. The van der Waals surface area contributed by atoms with Gasteiger partial charge in [-0.05, 0) is 67.7 Å². The minimum atomic E-state index is -0.492. The summed E-state index contributed by atoms with van der Waals surface area (Å²) in [5.41, 5.74) is 3.37. The maximum absolute atomic E-state index is 14.9. The molecule has 0 atom stereocenters. The number of thiophene rings is 1. The Balaban J connectivity index is 1.09. The first-order valence-corrected chi connectivity index (χ1v) is 13.5. The van der Waals surface area contributed by atoms with Crippen molar-refractivity contribution in [1.82, 2.24) is 24.8 Å². The standard InChI is InChI=1S/C27H29FN6OS/c1-4-34-13-26(14-34)9-17(10-26)16-5-6-19(29-11-16)31-25-30-12-18(28)21(32-25)22-15(2)20-23(36-22)27(7-8-27)33(3)24(20)35/h5-6,11-12,17H,4,7-10,13-14H2,1-3H3,(H,29,30,31,32). The van der Waals surface area contributed by atoms with Crippen molar-refractivity contribution < 1.29 is 9.18 Å². The molecule has 3 fully saturated rings. The normalized spacial score (nSPS) is 21.6. The lowest BCUT2D eigenvalue weighted by Crippen LogP contribution is -2.61. The number of nitrogens with zero attached hydrogens (tertiary/aromatic N) is 5. The Labute approximate surface area is 213 Å². The topological polar surface area (TPSA) is 74.2 Å². The van der Waals surface area contributed by atoms with Crippen LogP contribution in [0.1, 0.15) is 64.9 Å². The Morgan fingerprint density at radius 2 is 1.97 bits per heavy atom. The van der Waals surface area contributed by atoms with Gasteiger partial charge in [-0.3, -0.25) is 4.79 Å². The van der Waals surface area contributed by atoms with Crippen molar-refractivity contribution in [2.24, 2.45) is 5.41 Å². The molecule has 36 heavy (non-hydrogen) atoms. The van der Waals surface area contributed by atoms with Gasteiger partial charge in [0.25, 0.3) is 5.91 Å². The number of nitrogens with one attached hydrogen (secondary N) is 1. The average molecular weight is 505 g/mol. The molecule has 0 radical (unpaired) electrons. The second-order valence-electron chi connectivity index (χ2n) is 11.1. The zero-order valence-electron chi connectivity index (χ0n) is 20.8. The van der Waals surface area contributed by atoms with Crippen LogP contribution in [0.15, 0.2) is 24.5 Å². The van der Waals surface area contributed by atoms with Crippen molar-refractivity contribution in [2.75, 3.05) is 32.0 Å². The van der Waals surface area contributed by atoms with E-state index in [0.29, 0.717) is 28.0 Å². The van der Waals surface area contributed by atoms with Gasteiger partial charge in [-0.1, -0.05) is 13.0 Å². The molecular weight excluding hydrogens is 475 g/mol. The quantitative estimate of drug-likeness (QED) is 0.523. The summed E-state index contributed by atoms with van der Waals surface area (Å²) < 4.78 is 14.9. The van der Waals surface area contributed by atoms with E-state index >= 15 is 0 Å². The van der Waals surface area contributed by atoms with E-state index in [1.807, 2.05) is 31.1 Å². The van der Waals surface area contributed by atoms with Crippen LogP contribution >= 0.6 is 11.3 Å². The van der Waals surface area contributed by atoms with Gasteiger partial charge in [0.2, 0.25) is 5.95 Å². The summed E-state index contributed by atoms with van der Waals surface area (Å²) >= 11 is 1.49. The van der Waals surface area contributed by atoms with Crippen LogP contribution in [-0.2, 0) is 5.54 Å². The minimum absolute atomic E-state index is 0.0250. The zero-order valence-corrected chi connectivity index (χ0v) is 21.6. The van der Waals surface area contributed by atoms with Gasteiger partial charge in [0, 0.05) is 31.2 Å². The van der Waals surface area contributed by atoms with Gasteiger partial charge in [0.05, 0.1) is 22.2 Å². The Morgan fingerprint density at radius 1 is 1.19 bits per heavy atom. The molecule has 1 saturated heterocycles. The van der Waals surface area contributed by atoms with Crippen molar-refractivity contribution in [3.05, 3.63) is 51.9 Å². The fourth-order valence-electron chi connectivity index (χ4n) is 6.55. The number of likely N-dealkylation sites (tertiary alicyclic amines) is 1. The molecule has 1 N–H and O–H groups in total. The molecule has 2 saturated carbocycles. The maximum atomic E-state index is 14.9. The first-order valence-electron chi connectivity index (χ1n) is 12.7. The van der Waals surface area contributed by atoms with Gasteiger partial charge in [0.1, 0.15) is 11.5 Å². The van der Waals surface area contributed by atoms with Crippen LogP contribution in [0.4, 0.5) is 16.2 Å². The number of hydrogen-bond acceptors (Lipinski definition) is 7. The summed E-state index contributed by atoms with van der Waals surface area (Å²) in [6.07, 6.45) is 7.53. The lowest BCUT2D eigenvalue weighted by atomic mass is 9.56. The van der Waals surface area contributed by atoms with Crippen LogP contribution in [0.25, 0.3) is 10.6 Å². The highest BCUT2D eigenvalue weighted by molar-refractivity contribution is 7.16. The SMILES string of the molecule is CCN1CC2(CC(c3ccc(Nc4ncc(F)c(-c5sc6c(c5C)C(=O)N(C)C65CC5)n4)nc3)C2)C1. The molecular formula is C27H29FN6OS. The van der Waals surface area contributed by atoms with Crippen molar-refractivity contribution in [1.29, 1.82) is 0 Å². The number of hydrogen-bond donors (Lipinski definition) is 1. The lowest BCUT2D eigenvalue weighted by molar-refractivity contribution is -0.0701. The Hall–Kier alpha value is -2.91. The fourth-order valence-corrected chi connectivity index (χ4v) is 8.12. The number of pyridine rings is 1. The van der Waals surface area contributed by atoms with E-state index in [-0.39, 0.29) is 17.1 Å². The number of carbonyl (C=O) groups excluding carboxylic acids is 1. The van der Waals surface area contributed by atoms with Crippen LogP contribution in [-0.4, -0.2) is 57.3 Å². The van der Waals surface area contributed by atoms with Crippen LogP contribution in [0.3, 0.4) is 0 Å². The Bertz CT molecular complexity index is 1380. The number of amides is 1. The highest BCUT2D eigenvalue weighted by atomic mass is 32.1.